The van der Waals surface area contributed by atoms with E-state index in [-0.39, 0.29) is 5.91 Å². The lowest BCUT2D eigenvalue weighted by Gasteiger charge is -2.22. The number of rotatable bonds is 3. The van der Waals surface area contributed by atoms with Crippen molar-refractivity contribution in [2.24, 2.45) is 11.8 Å². The molecule has 0 spiro atoms. The van der Waals surface area contributed by atoms with Crippen LogP contribution in [0.25, 0.3) is 5.82 Å². The Hall–Kier alpha value is -3.23. The highest BCUT2D eigenvalue weighted by Crippen LogP contribution is 2.34. The summed E-state index contributed by atoms with van der Waals surface area (Å²) in [7, 11) is 0. The number of fused-ring (bicyclic) bond motifs is 1. The Kier molecular flexibility index (Phi) is 3.44. The van der Waals surface area contributed by atoms with Crippen LogP contribution in [0.15, 0.2) is 47.6 Å². The van der Waals surface area contributed by atoms with Crippen molar-refractivity contribution in [3.05, 3.63) is 48.9 Å². The van der Waals surface area contributed by atoms with Gasteiger partial charge in [0, 0.05) is 62.5 Å². The molecule has 0 radical (unpaired) electrons. The molecule has 2 atom stereocenters. The standard InChI is InChI=1S/C17H17N7O2/c25-17(14-2-4-21-26-14)23-9-12-7-22(8-13(12)10-23)15-6-16(19-11-18-15)24-5-1-3-20-24/h1-6,11-13H,7-10H2. The first-order chi connectivity index (χ1) is 12.8. The van der Waals surface area contributed by atoms with E-state index >= 15 is 0 Å². The summed E-state index contributed by atoms with van der Waals surface area (Å²) in [6.45, 7) is 3.22. The van der Waals surface area contributed by atoms with Crippen LogP contribution in [-0.2, 0) is 0 Å². The molecule has 5 heterocycles. The Morgan fingerprint density at radius 2 is 1.88 bits per heavy atom. The van der Waals surface area contributed by atoms with Crippen LogP contribution in [0.4, 0.5) is 5.82 Å². The minimum atomic E-state index is -0.0774. The largest absolute Gasteiger partial charge is 0.356 e. The number of aromatic nitrogens is 5. The fourth-order valence-corrected chi connectivity index (χ4v) is 3.87. The lowest BCUT2D eigenvalue weighted by molar-refractivity contribution is 0.0741. The van der Waals surface area contributed by atoms with E-state index in [9.17, 15) is 4.79 Å². The lowest BCUT2D eigenvalue weighted by Crippen LogP contribution is -2.33. The van der Waals surface area contributed by atoms with E-state index in [1.165, 1.54) is 6.20 Å². The minimum absolute atomic E-state index is 0.0774. The maximum absolute atomic E-state index is 12.4. The molecule has 5 rings (SSSR count). The molecular weight excluding hydrogens is 334 g/mol. The smallest absolute Gasteiger partial charge is 0.292 e. The number of carbonyl (C=O) groups is 1. The molecule has 2 aliphatic rings. The van der Waals surface area contributed by atoms with Crippen molar-refractivity contribution in [2.75, 3.05) is 31.1 Å². The molecule has 9 nitrogen and oxygen atoms in total. The number of nitrogens with zero attached hydrogens (tertiary/aromatic N) is 7. The fraction of sp³-hybridized carbons (Fsp3) is 0.353. The quantitative estimate of drug-likeness (QED) is 0.691. The van der Waals surface area contributed by atoms with Crippen LogP contribution in [0, 0.1) is 11.8 Å². The minimum Gasteiger partial charge on any atom is -0.356 e. The van der Waals surface area contributed by atoms with Crippen molar-refractivity contribution in [1.29, 1.82) is 0 Å². The molecule has 0 bridgehead atoms. The number of amides is 1. The second-order valence-electron chi connectivity index (χ2n) is 6.70. The van der Waals surface area contributed by atoms with E-state index < -0.39 is 0 Å². The van der Waals surface area contributed by atoms with Gasteiger partial charge in [-0.2, -0.15) is 5.10 Å². The molecule has 0 aliphatic carbocycles. The molecule has 26 heavy (non-hydrogen) atoms. The molecule has 3 aromatic heterocycles. The van der Waals surface area contributed by atoms with Crippen LogP contribution < -0.4 is 4.90 Å². The van der Waals surface area contributed by atoms with Gasteiger partial charge in [-0.25, -0.2) is 14.6 Å². The highest BCUT2D eigenvalue weighted by Gasteiger charge is 2.42. The Balaban J connectivity index is 1.28. The van der Waals surface area contributed by atoms with Gasteiger partial charge in [0.1, 0.15) is 12.1 Å². The summed E-state index contributed by atoms with van der Waals surface area (Å²) in [6, 6.07) is 5.42. The fourth-order valence-electron chi connectivity index (χ4n) is 3.87. The second-order valence-corrected chi connectivity index (χ2v) is 6.70. The van der Waals surface area contributed by atoms with Gasteiger partial charge in [0.15, 0.2) is 5.82 Å². The first kappa shape index (κ1) is 15.1. The first-order valence-electron chi connectivity index (χ1n) is 8.55. The molecule has 9 heteroatoms. The average molecular weight is 351 g/mol. The van der Waals surface area contributed by atoms with E-state index in [4.69, 9.17) is 4.52 Å². The third kappa shape index (κ3) is 2.52. The molecule has 3 aromatic rings. The number of anilines is 1. The zero-order valence-electron chi connectivity index (χ0n) is 14.0. The van der Waals surface area contributed by atoms with Gasteiger partial charge < -0.3 is 14.3 Å². The molecule has 0 aromatic carbocycles. The molecule has 2 unspecified atom stereocenters. The van der Waals surface area contributed by atoms with Crippen molar-refractivity contribution >= 4 is 11.7 Å². The van der Waals surface area contributed by atoms with Crippen LogP contribution in [0.1, 0.15) is 10.6 Å². The molecule has 2 fully saturated rings. The Morgan fingerprint density at radius 3 is 2.58 bits per heavy atom. The zero-order valence-corrected chi connectivity index (χ0v) is 14.0. The molecule has 2 aliphatic heterocycles. The summed E-state index contributed by atoms with van der Waals surface area (Å²) in [4.78, 5) is 25.2. The molecule has 2 saturated heterocycles. The van der Waals surface area contributed by atoms with E-state index in [1.54, 1.807) is 23.3 Å². The third-order valence-corrected chi connectivity index (χ3v) is 5.12. The molecule has 0 N–H and O–H groups in total. The van der Waals surface area contributed by atoms with Gasteiger partial charge in [-0.15, -0.1) is 0 Å². The van der Waals surface area contributed by atoms with E-state index in [1.807, 2.05) is 23.2 Å². The van der Waals surface area contributed by atoms with Crippen molar-refractivity contribution < 1.29 is 9.32 Å². The van der Waals surface area contributed by atoms with Gasteiger partial charge in [-0.3, -0.25) is 4.79 Å². The average Bonchev–Trinajstić information content (AvgIpc) is 3.45. The number of hydrogen-bond donors (Lipinski definition) is 0. The Labute approximate surface area is 149 Å². The maximum atomic E-state index is 12.4. The summed E-state index contributed by atoms with van der Waals surface area (Å²) in [6.07, 6.45) is 6.65. The van der Waals surface area contributed by atoms with Gasteiger partial charge in [0.25, 0.3) is 5.91 Å². The molecule has 1 amide bonds. The number of hydrogen-bond acceptors (Lipinski definition) is 7. The lowest BCUT2D eigenvalue weighted by atomic mass is 10.0. The Morgan fingerprint density at radius 1 is 1.08 bits per heavy atom. The van der Waals surface area contributed by atoms with Crippen molar-refractivity contribution in [3.8, 4) is 5.82 Å². The zero-order chi connectivity index (χ0) is 17.5. The van der Waals surface area contributed by atoms with Gasteiger partial charge in [0.05, 0.1) is 6.20 Å². The monoisotopic (exact) mass is 351 g/mol. The highest BCUT2D eigenvalue weighted by molar-refractivity contribution is 5.91. The van der Waals surface area contributed by atoms with E-state index in [0.29, 0.717) is 17.6 Å². The van der Waals surface area contributed by atoms with E-state index in [0.717, 1.165) is 37.8 Å². The van der Waals surface area contributed by atoms with Gasteiger partial charge in [0.2, 0.25) is 5.76 Å². The molecule has 132 valence electrons. The summed E-state index contributed by atoms with van der Waals surface area (Å²) >= 11 is 0. The summed E-state index contributed by atoms with van der Waals surface area (Å²) in [5.74, 6) is 2.75. The maximum Gasteiger partial charge on any atom is 0.292 e. The second kappa shape index (κ2) is 5.94. The SMILES string of the molecule is O=C(c1ccno1)N1CC2CN(c3cc(-n4cccn4)ncn3)CC2C1. The molecule has 0 saturated carbocycles. The number of likely N-dealkylation sites (tertiary alicyclic amines) is 1. The normalized spacial score (nSPS) is 22.0. The first-order valence-corrected chi connectivity index (χ1v) is 8.55. The van der Waals surface area contributed by atoms with Crippen LogP contribution in [0.5, 0.6) is 0 Å². The van der Waals surface area contributed by atoms with Gasteiger partial charge in [-0.05, 0) is 6.07 Å². The molecular formula is C17H17N7O2. The third-order valence-electron chi connectivity index (χ3n) is 5.12. The van der Waals surface area contributed by atoms with Crippen molar-refractivity contribution in [2.45, 2.75) is 0 Å². The summed E-state index contributed by atoms with van der Waals surface area (Å²) in [5.41, 5.74) is 0. The Bertz CT molecular complexity index is 895. The van der Waals surface area contributed by atoms with Gasteiger partial charge in [-0.1, -0.05) is 5.16 Å². The van der Waals surface area contributed by atoms with Crippen molar-refractivity contribution in [3.63, 3.8) is 0 Å². The summed E-state index contributed by atoms with van der Waals surface area (Å²) < 4.78 is 6.71. The number of carbonyl (C=O) groups excluding carboxylic acids is 1. The topological polar surface area (TPSA) is 93.2 Å². The van der Waals surface area contributed by atoms with Gasteiger partial charge >= 0.3 is 0 Å². The predicted octanol–water partition coefficient (Wildman–Crippen LogP) is 0.859. The van der Waals surface area contributed by atoms with Crippen LogP contribution in [0.3, 0.4) is 0 Å². The van der Waals surface area contributed by atoms with Crippen LogP contribution in [-0.4, -0.2) is 61.9 Å². The van der Waals surface area contributed by atoms with Crippen LogP contribution in [0.2, 0.25) is 0 Å². The van der Waals surface area contributed by atoms with Crippen molar-refractivity contribution in [1.82, 2.24) is 29.8 Å². The highest BCUT2D eigenvalue weighted by atomic mass is 16.5. The summed E-state index contributed by atoms with van der Waals surface area (Å²) in [5, 5.41) is 7.83. The predicted molar refractivity (Wildman–Crippen MR) is 90.8 cm³/mol. The van der Waals surface area contributed by atoms with Crippen LogP contribution >= 0.6 is 0 Å². The van der Waals surface area contributed by atoms with E-state index in [2.05, 4.69) is 25.1 Å².